The molecule has 0 saturated heterocycles. The van der Waals surface area contributed by atoms with Gasteiger partial charge in [0.05, 0.1) is 6.10 Å². The van der Waals surface area contributed by atoms with Gasteiger partial charge in [-0.15, -0.1) is 0 Å². The topological polar surface area (TPSA) is 20.2 Å². The van der Waals surface area contributed by atoms with Crippen LogP contribution in [0.4, 0.5) is 0 Å². The van der Waals surface area contributed by atoms with Crippen molar-refractivity contribution in [3.8, 4) is 0 Å². The monoisotopic (exact) mass is 216 g/mol. The molecule has 1 heteroatoms. The SMILES string of the molecule is Cc1ccc([C@@]2(C)C[C@H](O)[C@@H]3C[C@@]32C)cc1. The minimum Gasteiger partial charge on any atom is -0.393 e. The molecule has 86 valence electrons. The van der Waals surface area contributed by atoms with Crippen LogP contribution >= 0.6 is 0 Å². The molecule has 0 amide bonds. The van der Waals surface area contributed by atoms with Crippen LogP contribution in [-0.4, -0.2) is 11.2 Å². The van der Waals surface area contributed by atoms with E-state index < -0.39 is 0 Å². The van der Waals surface area contributed by atoms with Crippen LogP contribution in [0.1, 0.15) is 37.8 Å². The maximum absolute atomic E-state index is 10.1. The molecular weight excluding hydrogens is 196 g/mol. The number of fused-ring (bicyclic) bond motifs is 1. The van der Waals surface area contributed by atoms with Gasteiger partial charge in [-0.25, -0.2) is 0 Å². The third kappa shape index (κ3) is 1.10. The lowest BCUT2D eigenvalue weighted by Gasteiger charge is -2.33. The normalized spacial score (nSPS) is 45.5. The van der Waals surface area contributed by atoms with E-state index in [-0.39, 0.29) is 11.5 Å². The van der Waals surface area contributed by atoms with E-state index in [2.05, 4.69) is 45.0 Å². The zero-order valence-electron chi connectivity index (χ0n) is 10.3. The third-order valence-corrected chi connectivity index (χ3v) is 5.33. The van der Waals surface area contributed by atoms with Crippen molar-refractivity contribution < 1.29 is 5.11 Å². The number of benzene rings is 1. The maximum Gasteiger partial charge on any atom is 0.0582 e. The molecule has 0 unspecified atom stereocenters. The smallest absolute Gasteiger partial charge is 0.0582 e. The van der Waals surface area contributed by atoms with Crippen molar-refractivity contribution in [2.45, 2.75) is 45.1 Å². The predicted octanol–water partition coefficient (Wildman–Crippen LogP) is 3.04. The highest BCUT2D eigenvalue weighted by atomic mass is 16.3. The van der Waals surface area contributed by atoms with E-state index in [0.717, 1.165) is 6.42 Å². The molecule has 1 aromatic carbocycles. The van der Waals surface area contributed by atoms with Gasteiger partial charge in [0.1, 0.15) is 0 Å². The van der Waals surface area contributed by atoms with Crippen molar-refractivity contribution >= 4 is 0 Å². The molecule has 2 aliphatic rings. The van der Waals surface area contributed by atoms with Crippen LogP contribution in [0.2, 0.25) is 0 Å². The molecule has 0 aliphatic heterocycles. The Balaban J connectivity index is 2.03. The van der Waals surface area contributed by atoms with Crippen LogP contribution in [0.5, 0.6) is 0 Å². The Morgan fingerprint density at radius 2 is 1.75 bits per heavy atom. The fourth-order valence-corrected chi connectivity index (χ4v) is 3.76. The van der Waals surface area contributed by atoms with Gasteiger partial charge in [0.2, 0.25) is 0 Å². The van der Waals surface area contributed by atoms with Crippen LogP contribution in [0.3, 0.4) is 0 Å². The van der Waals surface area contributed by atoms with Crippen LogP contribution in [0, 0.1) is 18.3 Å². The van der Waals surface area contributed by atoms with Crippen LogP contribution in [0.15, 0.2) is 24.3 Å². The molecule has 2 fully saturated rings. The molecule has 16 heavy (non-hydrogen) atoms. The second-order valence-corrected chi connectivity index (χ2v) is 6.20. The Morgan fingerprint density at radius 3 is 2.19 bits per heavy atom. The van der Waals surface area contributed by atoms with Crippen LogP contribution in [-0.2, 0) is 5.41 Å². The average molecular weight is 216 g/mol. The minimum absolute atomic E-state index is 0.0868. The van der Waals surface area contributed by atoms with E-state index in [4.69, 9.17) is 0 Å². The minimum atomic E-state index is -0.0868. The lowest BCUT2D eigenvalue weighted by atomic mass is 9.70. The Morgan fingerprint density at radius 1 is 1.12 bits per heavy atom. The first kappa shape index (κ1) is 10.3. The summed E-state index contributed by atoms with van der Waals surface area (Å²) in [7, 11) is 0. The van der Waals surface area contributed by atoms with Gasteiger partial charge in [-0.05, 0) is 36.7 Å². The van der Waals surface area contributed by atoms with E-state index in [1.54, 1.807) is 0 Å². The molecule has 2 saturated carbocycles. The van der Waals surface area contributed by atoms with Gasteiger partial charge < -0.3 is 5.11 Å². The van der Waals surface area contributed by atoms with E-state index in [1.807, 2.05) is 0 Å². The highest BCUT2D eigenvalue weighted by Gasteiger charge is 2.69. The first-order valence-corrected chi connectivity index (χ1v) is 6.23. The van der Waals surface area contributed by atoms with Gasteiger partial charge in [0.15, 0.2) is 0 Å². The van der Waals surface area contributed by atoms with Crippen molar-refractivity contribution in [3.05, 3.63) is 35.4 Å². The molecular formula is C15H20O. The number of aliphatic hydroxyl groups excluding tert-OH is 1. The first-order chi connectivity index (χ1) is 7.47. The summed E-state index contributed by atoms with van der Waals surface area (Å²) in [5.41, 5.74) is 3.22. The lowest BCUT2D eigenvalue weighted by Crippen LogP contribution is -2.30. The second-order valence-electron chi connectivity index (χ2n) is 6.20. The summed E-state index contributed by atoms with van der Waals surface area (Å²) in [5.74, 6) is 0.541. The molecule has 0 heterocycles. The molecule has 0 radical (unpaired) electrons. The van der Waals surface area contributed by atoms with Gasteiger partial charge in [0, 0.05) is 5.41 Å². The summed E-state index contributed by atoms with van der Waals surface area (Å²) in [6, 6.07) is 8.86. The molecule has 0 spiro atoms. The number of rotatable bonds is 1. The van der Waals surface area contributed by atoms with Crippen LogP contribution < -0.4 is 0 Å². The van der Waals surface area contributed by atoms with E-state index in [9.17, 15) is 5.11 Å². The standard InChI is InChI=1S/C15H20O/c1-10-4-6-11(7-5-10)14(2)9-13(16)12-8-15(12,14)3/h4-7,12-13,16H,8-9H2,1-3H3/t12-,13-,14+,15-/m0/s1. The zero-order chi connectivity index (χ0) is 11.6. The molecule has 1 nitrogen and oxygen atoms in total. The molecule has 2 aliphatic carbocycles. The fraction of sp³-hybridized carbons (Fsp3) is 0.600. The highest BCUT2D eigenvalue weighted by molar-refractivity contribution is 5.37. The van der Waals surface area contributed by atoms with Crippen molar-refractivity contribution in [2.75, 3.05) is 0 Å². The number of aryl methyl sites for hydroxylation is 1. The number of hydrogen-bond acceptors (Lipinski definition) is 1. The summed E-state index contributed by atoms with van der Waals surface area (Å²) in [6.45, 7) is 6.79. The molecule has 0 aromatic heterocycles. The van der Waals surface area contributed by atoms with Crippen molar-refractivity contribution in [2.24, 2.45) is 11.3 Å². The molecule has 1 aromatic rings. The van der Waals surface area contributed by atoms with Crippen molar-refractivity contribution in [1.82, 2.24) is 0 Å². The maximum atomic E-state index is 10.1. The highest BCUT2D eigenvalue weighted by Crippen LogP contribution is 2.72. The van der Waals surface area contributed by atoms with Gasteiger partial charge in [-0.2, -0.15) is 0 Å². The summed E-state index contributed by atoms with van der Waals surface area (Å²) in [6.07, 6.45) is 2.03. The Labute approximate surface area is 97.5 Å². The van der Waals surface area contributed by atoms with Crippen molar-refractivity contribution in [1.29, 1.82) is 0 Å². The average Bonchev–Trinajstić information content (AvgIpc) is 2.88. The summed E-state index contributed by atoms with van der Waals surface area (Å²) < 4.78 is 0. The van der Waals surface area contributed by atoms with E-state index >= 15 is 0 Å². The molecule has 0 bridgehead atoms. The van der Waals surface area contributed by atoms with Crippen LogP contribution in [0.25, 0.3) is 0 Å². The quantitative estimate of drug-likeness (QED) is 0.765. The molecule has 3 rings (SSSR count). The van der Waals surface area contributed by atoms with E-state index in [0.29, 0.717) is 11.3 Å². The lowest BCUT2D eigenvalue weighted by molar-refractivity contribution is 0.147. The number of aliphatic hydroxyl groups is 1. The largest absolute Gasteiger partial charge is 0.393 e. The predicted molar refractivity (Wildman–Crippen MR) is 65.4 cm³/mol. The molecule has 4 atom stereocenters. The second kappa shape index (κ2) is 2.89. The van der Waals surface area contributed by atoms with Crippen molar-refractivity contribution in [3.63, 3.8) is 0 Å². The van der Waals surface area contributed by atoms with Gasteiger partial charge in [-0.1, -0.05) is 43.7 Å². The van der Waals surface area contributed by atoms with Gasteiger partial charge in [-0.3, -0.25) is 0 Å². The van der Waals surface area contributed by atoms with E-state index in [1.165, 1.54) is 17.5 Å². The zero-order valence-corrected chi connectivity index (χ0v) is 10.3. The van der Waals surface area contributed by atoms with Gasteiger partial charge >= 0.3 is 0 Å². The number of hydrogen-bond donors (Lipinski definition) is 1. The van der Waals surface area contributed by atoms with Gasteiger partial charge in [0.25, 0.3) is 0 Å². The third-order valence-electron chi connectivity index (χ3n) is 5.33. The fourth-order valence-electron chi connectivity index (χ4n) is 3.76. The Hall–Kier alpha value is -0.820. The Bertz CT molecular complexity index is 422. The summed E-state index contributed by atoms with van der Waals surface area (Å²) >= 11 is 0. The molecule has 1 N–H and O–H groups in total. The first-order valence-electron chi connectivity index (χ1n) is 6.23. The summed E-state index contributed by atoms with van der Waals surface area (Å²) in [5, 5.41) is 10.1. The summed E-state index contributed by atoms with van der Waals surface area (Å²) in [4.78, 5) is 0. The Kier molecular flexibility index (Phi) is 1.87.